The number of amides is 2. The lowest BCUT2D eigenvalue weighted by atomic mass is 10.3. The van der Waals surface area contributed by atoms with Gasteiger partial charge in [-0.05, 0) is 13.8 Å². The summed E-state index contributed by atoms with van der Waals surface area (Å²) in [5.74, 6) is -1.36. The van der Waals surface area contributed by atoms with E-state index in [1.54, 1.807) is 13.8 Å². The van der Waals surface area contributed by atoms with Gasteiger partial charge in [0.15, 0.2) is 0 Å². The lowest BCUT2D eigenvalue weighted by Crippen LogP contribution is -2.46. The number of nitrogens with two attached hydrogens (primary N) is 1. The number of primary sulfonamides is 1. The van der Waals surface area contributed by atoms with E-state index in [0.717, 1.165) is 0 Å². The normalized spacial score (nSPS) is 11.3. The maximum Gasteiger partial charge on any atom is 0.317 e. The highest BCUT2D eigenvalue weighted by molar-refractivity contribution is 7.89. The number of urea groups is 1. The van der Waals surface area contributed by atoms with Crippen LogP contribution in [-0.4, -0.2) is 55.3 Å². The van der Waals surface area contributed by atoms with Crippen LogP contribution in [0.4, 0.5) is 4.79 Å². The van der Waals surface area contributed by atoms with Gasteiger partial charge in [-0.2, -0.15) is 0 Å². The van der Waals surface area contributed by atoms with Crippen molar-refractivity contribution in [3.8, 4) is 0 Å². The molecular weight excluding hydrogens is 262 g/mol. The molecule has 0 radical (unpaired) electrons. The standard InChI is InChI=1S/C9H19N3O5S/c1-7(2)12(5-3-8(13)14)9(15)11-4-6-18(10,16)17/h7H,3-6H2,1-2H3,(H,11,15)(H,13,14)(H2,10,16,17). The van der Waals surface area contributed by atoms with Gasteiger partial charge in [-0.3, -0.25) is 4.79 Å². The van der Waals surface area contributed by atoms with Gasteiger partial charge in [0, 0.05) is 19.1 Å². The van der Waals surface area contributed by atoms with E-state index in [9.17, 15) is 18.0 Å². The number of nitrogens with zero attached hydrogens (tertiary/aromatic N) is 1. The summed E-state index contributed by atoms with van der Waals surface area (Å²) in [7, 11) is -3.62. The Morgan fingerprint density at radius 2 is 1.94 bits per heavy atom. The predicted molar refractivity (Wildman–Crippen MR) is 65.5 cm³/mol. The molecule has 0 aromatic rings. The minimum absolute atomic E-state index is 0.0637. The fourth-order valence-electron chi connectivity index (χ4n) is 1.21. The molecule has 0 saturated carbocycles. The van der Waals surface area contributed by atoms with Crippen LogP contribution < -0.4 is 10.5 Å². The molecule has 9 heteroatoms. The summed E-state index contributed by atoms with van der Waals surface area (Å²) in [6, 6.07) is -0.686. The minimum Gasteiger partial charge on any atom is -0.481 e. The summed E-state index contributed by atoms with van der Waals surface area (Å²) in [5, 5.41) is 15.7. The Kier molecular flexibility index (Phi) is 6.63. The van der Waals surface area contributed by atoms with E-state index in [4.69, 9.17) is 10.2 Å². The molecule has 0 unspecified atom stereocenters. The van der Waals surface area contributed by atoms with E-state index >= 15 is 0 Å². The van der Waals surface area contributed by atoms with Gasteiger partial charge >= 0.3 is 12.0 Å². The van der Waals surface area contributed by atoms with Gasteiger partial charge in [-0.15, -0.1) is 0 Å². The molecule has 106 valence electrons. The Morgan fingerprint density at radius 3 is 2.33 bits per heavy atom. The average molecular weight is 281 g/mol. The molecule has 0 aliphatic rings. The fraction of sp³-hybridized carbons (Fsp3) is 0.778. The molecule has 0 aliphatic heterocycles. The van der Waals surface area contributed by atoms with Crippen molar-refractivity contribution < 1.29 is 23.1 Å². The Balaban J connectivity index is 4.27. The van der Waals surface area contributed by atoms with Crippen molar-refractivity contribution in [2.45, 2.75) is 26.3 Å². The molecule has 0 heterocycles. The van der Waals surface area contributed by atoms with Gasteiger partial charge in [0.25, 0.3) is 0 Å². The second-order valence-corrected chi connectivity index (χ2v) is 5.76. The van der Waals surface area contributed by atoms with Gasteiger partial charge in [-0.1, -0.05) is 0 Å². The summed E-state index contributed by atoms with van der Waals surface area (Å²) >= 11 is 0. The quantitative estimate of drug-likeness (QED) is 0.560. The number of nitrogens with one attached hydrogen (secondary N) is 1. The lowest BCUT2D eigenvalue weighted by Gasteiger charge is -2.26. The SMILES string of the molecule is CC(C)N(CCC(=O)O)C(=O)NCCS(N)(=O)=O. The predicted octanol–water partition coefficient (Wildman–Crippen LogP) is -0.830. The van der Waals surface area contributed by atoms with Crippen molar-refractivity contribution >= 4 is 22.0 Å². The first-order valence-corrected chi connectivity index (χ1v) is 7.11. The van der Waals surface area contributed by atoms with Crippen molar-refractivity contribution in [3.63, 3.8) is 0 Å². The maximum atomic E-state index is 11.7. The van der Waals surface area contributed by atoms with E-state index in [1.165, 1.54) is 4.90 Å². The highest BCUT2D eigenvalue weighted by Gasteiger charge is 2.17. The Morgan fingerprint density at radius 1 is 1.39 bits per heavy atom. The summed E-state index contributed by atoms with van der Waals surface area (Å²) in [6.45, 7) is 3.43. The lowest BCUT2D eigenvalue weighted by molar-refractivity contribution is -0.137. The minimum atomic E-state index is -3.62. The third kappa shape index (κ3) is 7.85. The van der Waals surface area contributed by atoms with E-state index in [0.29, 0.717) is 0 Å². The zero-order valence-electron chi connectivity index (χ0n) is 10.4. The first kappa shape index (κ1) is 16.6. The summed E-state index contributed by atoms with van der Waals surface area (Å²) in [6.07, 6.45) is -0.166. The molecule has 0 spiro atoms. The van der Waals surface area contributed by atoms with Crippen LogP contribution in [0.1, 0.15) is 20.3 Å². The van der Waals surface area contributed by atoms with Crippen molar-refractivity contribution in [2.75, 3.05) is 18.8 Å². The zero-order valence-corrected chi connectivity index (χ0v) is 11.2. The fourth-order valence-corrected chi connectivity index (χ4v) is 1.60. The Labute approximate surface area is 106 Å². The van der Waals surface area contributed by atoms with Crippen LogP contribution in [0.3, 0.4) is 0 Å². The van der Waals surface area contributed by atoms with Crippen molar-refractivity contribution in [3.05, 3.63) is 0 Å². The third-order valence-electron chi connectivity index (χ3n) is 2.11. The molecule has 0 fully saturated rings. The molecule has 0 aromatic heterocycles. The number of rotatable bonds is 7. The molecule has 0 atom stereocenters. The number of carbonyl (C=O) groups is 2. The first-order valence-electron chi connectivity index (χ1n) is 5.40. The monoisotopic (exact) mass is 281 g/mol. The van der Waals surface area contributed by atoms with Crippen LogP contribution in [0, 0.1) is 0 Å². The highest BCUT2D eigenvalue weighted by atomic mass is 32.2. The number of aliphatic carboxylic acids is 1. The van der Waals surface area contributed by atoms with Gasteiger partial charge < -0.3 is 15.3 Å². The van der Waals surface area contributed by atoms with Gasteiger partial charge in [0.05, 0.1) is 12.2 Å². The van der Waals surface area contributed by atoms with Crippen LogP contribution >= 0.6 is 0 Å². The maximum absolute atomic E-state index is 11.7. The summed E-state index contributed by atoms with van der Waals surface area (Å²) < 4.78 is 21.3. The van der Waals surface area contributed by atoms with Gasteiger partial charge in [0.2, 0.25) is 10.0 Å². The van der Waals surface area contributed by atoms with Crippen LogP contribution in [0.25, 0.3) is 0 Å². The smallest absolute Gasteiger partial charge is 0.317 e. The van der Waals surface area contributed by atoms with E-state index in [-0.39, 0.29) is 31.3 Å². The van der Waals surface area contributed by atoms with Crippen LogP contribution in [0.2, 0.25) is 0 Å². The third-order valence-corrected chi connectivity index (χ3v) is 2.89. The molecule has 0 bridgehead atoms. The van der Waals surface area contributed by atoms with Crippen LogP contribution in [-0.2, 0) is 14.8 Å². The van der Waals surface area contributed by atoms with Crippen molar-refractivity contribution in [1.82, 2.24) is 10.2 Å². The summed E-state index contributed by atoms with van der Waals surface area (Å²) in [4.78, 5) is 23.4. The van der Waals surface area contributed by atoms with E-state index < -0.39 is 22.0 Å². The average Bonchev–Trinajstić information content (AvgIpc) is 2.14. The highest BCUT2D eigenvalue weighted by Crippen LogP contribution is 2.00. The topological polar surface area (TPSA) is 130 Å². The van der Waals surface area contributed by atoms with Gasteiger partial charge in [-0.25, -0.2) is 18.4 Å². The molecule has 0 rings (SSSR count). The largest absolute Gasteiger partial charge is 0.481 e. The zero-order chi connectivity index (χ0) is 14.3. The molecule has 0 aliphatic carbocycles. The van der Waals surface area contributed by atoms with Crippen molar-refractivity contribution in [1.29, 1.82) is 0 Å². The molecular formula is C9H19N3O5S. The Bertz CT molecular complexity index is 393. The van der Waals surface area contributed by atoms with E-state index in [1.807, 2.05) is 0 Å². The number of hydrogen-bond donors (Lipinski definition) is 3. The first-order chi connectivity index (χ1) is 8.13. The second kappa shape index (κ2) is 7.17. The molecule has 4 N–H and O–H groups in total. The number of carboxylic acid groups (broad SMARTS) is 1. The molecule has 18 heavy (non-hydrogen) atoms. The molecule has 0 aromatic carbocycles. The molecule has 0 saturated heterocycles. The summed E-state index contributed by atoms with van der Waals surface area (Å²) in [5.41, 5.74) is 0. The number of sulfonamides is 1. The number of hydrogen-bond acceptors (Lipinski definition) is 4. The molecule has 2 amide bonds. The Hall–Kier alpha value is -1.35. The van der Waals surface area contributed by atoms with Crippen LogP contribution in [0.15, 0.2) is 0 Å². The van der Waals surface area contributed by atoms with Gasteiger partial charge in [0.1, 0.15) is 0 Å². The second-order valence-electron chi connectivity index (χ2n) is 4.03. The van der Waals surface area contributed by atoms with Crippen LogP contribution in [0.5, 0.6) is 0 Å². The van der Waals surface area contributed by atoms with Crippen molar-refractivity contribution in [2.24, 2.45) is 5.14 Å². The number of carbonyl (C=O) groups excluding carboxylic acids is 1. The molecule has 8 nitrogen and oxygen atoms in total. The number of carboxylic acids is 1. The van der Waals surface area contributed by atoms with E-state index in [2.05, 4.69) is 5.32 Å².